The molecule has 0 spiro atoms. The first-order valence-corrected chi connectivity index (χ1v) is 9.21. The Balaban J connectivity index is 2.88. The maximum absolute atomic E-state index is 12.0. The molecule has 1 rings (SSSR count). The van der Waals surface area contributed by atoms with Gasteiger partial charge in [0.15, 0.2) is 14.9 Å². The lowest BCUT2D eigenvalue weighted by Gasteiger charge is -2.26. The lowest BCUT2D eigenvalue weighted by molar-refractivity contribution is 0.227. The van der Waals surface area contributed by atoms with Gasteiger partial charge in [-0.3, -0.25) is 0 Å². The van der Waals surface area contributed by atoms with Gasteiger partial charge in [0.05, 0.1) is 6.61 Å². The zero-order chi connectivity index (χ0) is 13.1. The van der Waals surface area contributed by atoms with Crippen molar-refractivity contribution >= 4 is 19.9 Å². The number of hydrogen-bond acceptors (Lipinski definition) is 5. The fraction of sp³-hybridized carbons (Fsp3) is 1.00. The fourth-order valence-electron chi connectivity index (χ4n) is 2.18. The van der Waals surface area contributed by atoms with Gasteiger partial charge in [0, 0.05) is 18.8 Å². The van der Waals surface area contributed by atoms with Crippen LogP contribution < -0.4 is 0 Å². The van der Waals surface area contributed by atoms with Gasteiger partial charge in [0.25, 0.3) is 0 Å². The molecule has 0 aliphatic heterocycles. The van der Waals surface area contributed by atoms with Gasteiger partial charge in [-0.15, -0.1) is 0 Å². The van der Waals surface area contributed by atoms with Crippen LogP contribution in [0.5, 0.6) is 0 Å². The topological polar surface area (TPSA) is 91.8 Å². The minimum atomic E-state index is -3.84. The molecule has 0 radical (unpaired) electrons. The summed E-state index contributed by atoms with van der Waals surface area (Å²) in [4.78, 5) is 0. The Bertz CT molecular complexity index is 436. The standard InChI is InChI=1S/C9H19NO5S2/c1-16(12,13)8-17(14,15)10(6-7-11)9-4-2-3-5-9/h9,11H,2-8H2,1H3. The number of nitrogens with zero attached hydrogens (tertiary/aromatic N) is 1. The van der Waals surface area contributed by atoms with E-state index < -0.39 is 24.9 Å². The number of sulfone groups is 1. The van der Waals surface area contributed by atoms with Crippen molar-refractivity contribution in [3.05, 3.63) is 0 Å². The quantitative estimate of drug-likeness (QED) is 0.714. The van der Waals surface area contributed by atoms with Crippen LogP contribution >= 0.6 is 0 Å². The molecular weight excluding hydrogens is 266 g/mol. The Hall–Kier alpha value is -0.180. The average Bonchev–Trinajstić information content (AvgIpc) is 2.62. The summed E-state index contributed by atoms with van der Waals surface area (Å²) in [6.07, 6.45) is 4.27. The molecule has 1 aliphatic rings. The third-order valence-corrected chi connectivity index (χ3v) is 6.87. The molecule has 0 aromatic rings. The second-order valence-electron chi connectivity index (χ2n) is 4.43. The first-order valence-electron chi connectivity index (χ1n) is 5.54. The number of hydrogen-bond donors (Lipinski definition) is 1. The van der Waals surface area contributed by atoms with Crippen LogP contribution in [0, 0.1) is 0 Å². The molecule has 6 nitrogen and oxygen atoms in total. The Kier molecular flexibility index (Phi) is 4.94. The van der Waals surface area contributed by atoms with E-state index in [-0.39, 0.29) is 19.2 Å². The normalized spacial score (nSPS) is 19.0. The Labute approximate surface area is 103 Å². The van der Waals surface area contributed by atoms with Crippen LogP contribution in [0.3, 0.4) is 0 Å². The van der Waals surface area contributed by atoms with Gasteiger partial charge < -0.3 is 5.11 Å². The molecule has 0 saturated heterocycles. The summed E-state index contributed by atoms with van der Waals surface area (Å²) in [6.45, 7) is -0.317. The largest absolute Gasteiger partial charge is 0.395 e. The summed E-state index contributed by atoms with van der Waals surface area (Å²) in [5, 5.41) is 8.02. The first kappa shape index (κ1) is 14.9. The van der Waals surface area contributed by atoms with E-state index in [1.54, 1.807) is 0 Å². The molecule has 0 aromatic carbocycles. The second kappa shape index (κ2) is 5.64. The van der Waals surface area contributed by atoms with Gasteiger partial charge in [-0.25, -0.2) is 16.8 Å². The van der Waals surface area contributed by atoms with Crippen LogP contribution in [0.4, 0.5) is 0 Å². The van der Waals surface area contributed by atoms with E-state index in [0.717, 1.165) is 36.2 Å². The summed E-state index contributed by atoms with van der Waals surface area (Å²) in [7, 11) is -7.43. The van der Waals surface area contributed by atoms with Crippen molar-refractivity contribution in [1.82, 2.24) is 4.31 Å². The molecule has 8 heteroatoms. The number of rotatable bonds is 6. The van der Waals surface area contributed by atoms with Crippen LogP contribution in [-0.4, -0.2) is 56.8 Å². The molecule has 17 heavy (non-hydrogen) atoms. The first-order chi connectivity index (χ1) is 7.76. The Morgan fingerprint density at radius 3 is 2.12 bits per heavy atom. The van der Waals surface area contributed by atoms with Crippen molar-refractivity contribution in [3.8, 4) is 0 Å². The third-order valence-electron chi connectivity index (χ3n) is 2.77. The van der Waals surface area contributed by atoms with Crippen LogP contribution in [0.25, 0.3) is 0 Å². The molecule has 0 amide bonds. The SMILES string of the molecule is CS(=O)(=O)CS(=O)(=O)N(CCO)C1CCCC1. The molecule has 0 bridgehead atoms. The second-order valence-corrected chi connectivity index (χ2v) is 8.86. The molecule has 0 atom stereocenters. The van der Waals surface area contributed by atoms with Crippen molar-refractivity contribution in [2.75, 3.05) is 24.5 Å². The highest BCUT2D eigenvalue weighted by Crippen LogP contribution is 2.25. The fourth-order valence-corrected chi connectivity index (χ4v) is 5.91. The van der Waals surface area contributed by atoms with Crippen molar-refractivity contribution in [3.63, 3.8) is 0 Å². The monoisotopic (exact) mass is 285 g/mol. The van der Waals surface area contributed by atoms with Gasteiger partial charge >= 0.3 is 0 Å². The number of aliphatic hydroxyl groups is 1. The van der Waals surface area contributed by atoms with Crippen LogP contribution in [0.2, 0.25) is 0 Å². The maximum atomic E-state index is 12.0. The van der Waals surface area contributed by atoms with Gasteiger partial charge in [-0.05, 0) is 12.8 Å². The zero-order valence-electron chi connectivity index (χ0n) is 9.87. The van der Waals surface area contributed by atoms with E-state index in [2.05, 4.69) is 0 Å². The highest BCUT2D eigenvalue weighted by Gasteiger charge is 2.33. The molecule has 0 unspecified atom stereocenters. The lowest BCUT2D eigenvalue weighted by atomic mass is 10.2. The molecular formula is C9H19NO5S2. The minimum Gasteiger partial charge on any atom is -0.395 e. The van der Waals surface area contributed by atoms with Crippen molar-refractivity contribution < 1.29 is 21.9 Å². The van der Waals surface area contributed by atoms with Crippen molar-refractivity contribution in [2.45, 2.75) is 31.7 Å². The third kappa shape index (κ3) is 4.53. The van der Waals surface area contributed by atoms with E-state index in [1.807, 2.05) is 0 Å². The Morgan fingerprint density at radius 1 is 1.18 bits per heavy atom. The minimum absolute atomic E-state index is 0.0253. The number of aliphatic hydroxyl groups excluding tert-OH is 1. The van der Waals surface area contributed by atoms with E-state index in [1.165, 1.54) is 0 Å². The van der Waals surface area contributed by atoms with Gasteiger partial charge in [-0.2, -0.15) is 4.31 Å². The Morgan fingerprint density at radius 2 is 1.71 bits per heavy atom. The predicted octanol–water partition coefficient (Wildman–Crippen LogP) is -0.445. The summed E-state index contributed by atoms with van der Waals surface area (Å²) >= 11 is 0. The molecule has 1 aliphatic carbocycles. The molecule has 1 fully saturated rings. The highest BCUT2D eigenvalue weighted by atomic mass is 32.3. The predicted molar refractivity (Wildman–Crippen MR) is 64.7 cm³/mol. The van der Waals surface area contributed by atoms with Crippen LogP contribution in [0.1, 0.15) is 25.7 Å². The molecule has 1 saturated carbocycles. The summed E-state index contributed by atoms with van der Waals surface area (Å²) in [5.74, 6) is 0. The number of sulfonamides is 1. The van der Waals surface area contributed by atoms with Gasteiger partial charge in [-0.1, -0.05) is 12.8 Å². The summed E-state index contributed by atoms with van der Waals surface area (Å²) < 4.78 is 47.3. The maximum Gasteiger partial charge on any atom is 0.228 e. The van der Waals surface area contributed by atoms with Crippen LogP contribution in [-0.2, 0) is 19.9 Å². The lowest BCUT2D eigenvalue weighted by Crippen LogP contribution is -2.43. The van der Waals surface area contributed by atoms with E-state index >= 15 is 0 Å². The van der Waals surface area contributed by atoms with E-state index in [9.17, 15) is 16.8 Å². The van der Waals surface area contributed by atoms with Crippen molar-refractivity contribution in [2.24, 2.45) is 0 Å². The smallest absolute Gasteiger partial charge is 0.228 e. The van der Waals surface area contributed by atoms with Gasteiger partial charge in [0.2, 0.25) is 10.0 Å². The summed E-state index contributed by atoms with van der Waals surface area (Å²) in [5.41, 5.74) is 0. The highest BCUT2D eigenvalue weighted by molar-refractivity contribution is 8.06. The average molecular weight is 285 g/mol. The van der Waals surface area contributed by atoms with Crippen molar-refractivity contribution in [1.29, 1.82) is 0 Å². The van der Waals surface area contributed by atoms with E-state index in [0.29, 0.717) is 0 Å². The summed E-state index contributed by atoms with van der Waals surface area (Å²) in [6, 6.07) is -0.158. The molecule has 1 N–H and O–H groups in total. The molecule has 102 valence electrons. The zero-order valence-corrected chi connectivity index (χ0v) is 11.5. The van der Waals surface area contributed by atoms with E-state index in [4.69, 9.17) is 5.11 Å². The van der Waals surface area contributed by atoms with Crippen LogP contribution in [0.15, 0.2) is 0 Å². The molecule has 0 heterocycles. The van der Waals surface area contributed by atoms with Gasteiger partial charge in [0.1, 0.15) is 0 Å². The molecule has 0 aromatic heterocycles.